The fourth-order valence-corrected chi connectivity index (χ4v) is 3.35. The van der Waals surface area contributed by atoms with Crippen LogP contribution in [-0.2, 0) is 6.54 Å². The molecular weight excluding hydrogens is 328 g/mol. The van der Waals surface area contributed by atoms with Crippen molar-refractivity contribution in [3.05, 3.63) is 28.2 Å². The van der Waals surface area contributed by atoms with E-state index in [9.17, 15) is 0 Å². The van der Waals surface area contributed by atoms with Crippen LogP contribution in [0.1, 0.15) is 31.7 Å². The number of nitrogens with zero attached hydrogens (tertiary/aromatic N) is 1. The highest BCUT2D eigenvalue weighted by Crippen LogP contribution is 2.26. The Bertz CT molecular complexity index is 431. The van der Waals surface area contributed by atoms with Gasteiger partial charge in [0.1, 0.15) is 5.75 Å². The molecule has 1 aliphatic heterocycles. The van der Waals surface area contributed by atoms with E-state index in [1.165, 1.54) is 44.5 Å². The zero-order valence-corrected chi connectivity index (χ0v) is 14.8. The summed E-state index contributed by atoms with van der Waals surface area (Å²) >= 11 is 3.55. The highest BCUT2D eigenvalue weighted by atomic mass is 79.9. The van der Waals surface area contributed by atoms with Crippen LogP contribution in [-0.4, -0.2) is 38.2 Å². The molecule has 1 aromatic rings. The van der Waals surface area contributed by atoms with E-state index >= 15 is 0 Å². The maximum Gasteiger partial charge on any atom is 0.123 e. The fraction of sp³-hybridized carbons (Fsp3) is 0.647. The van der Waals surface area contributed by atoms with E-state index in [-0.39, 0.29) is 0 Å². The molecule has 1 fully saturated rings. The Kier molecular flexibility index (Phi) is 7.00. The van der Waals surface area contributed by atoms with Crippen molar-refractivity contribution in [1.82, 2.24) is 10.2 Å². The number of ether oxygens (including phenoxy) is 1. The molecule has 0 amide bonds. The molecule has 118 valence electrons. The quantitative estimate of drug-likeness (QED) is 0.756. The van der Waals surface area contributed by atoms with E-state index in [0.29, 0.717) is 0 Å². The lowest BCUT2D eigenvalue weighted by molar-refractivity contribution is 0.174. The second-order valence-corrected chi connectivity index (χ2v) is 6.80. The average molecular weight is 355 g/mol. The Morgan fingerprint density at radius 3 is 2.76 bits per heavy atom. The number of benzene rings is 1. The third kappa shape index (κ3) is 5.28. The molecule has 0 atom stereocenters. The number of piperidine rings is 1. The molecule has 1 N–H and O–H groups in total. The molecule has 0 saturated carbocycles. The van der Waals surface area contributed by atoms with Gasteiger partial charge in [0, 0.05) is 16.6 Å². The molecule has 0 unspecified atom stereocenters. The molecule has 0 spiro atoms. The molecule has 1 saturated heterocycles. The van der Waals surface area contributed by atoms with E-state index < -0.39 is 0 Å². The topological polar surface area (TPSA) is 24.5 Å². The summed E-state index contributed by atoms with van der Waals surface area (Å²) in [5.74, 6) is 1.84. The molecule has 1 heterocycles. The molecule has 0 radical (unpaired) electrons. The van der Waals surface area contributed by atoms with Gasteiger partial charge in [0.15, 0.2) is 0 Å². The molecular formula is C17H27BrN2O. The zero-order valence-electron chi connectivity index (χ0n) is 13.2. The third-order valence-corrected chi connectivity index (χ3v) is 4.70. The van der Waals surface area contributed by atoms with Gasteiger partial charge in [-0.25, -0.2) is 0 Å². The minimum absolute atomic E-state index is 0.845. The van der Waals surface area contributed by atoms with Crippen molar-refractivity contribution in [3.8, 4) is 5.75 Å². The van der Waals surface area contributed by atoms with Crippen LogP contribution in [0.3, 0.4) is 0 Å². The van der Waals surface area contributed by atoms with E-state index in [4.69, 9.17) is 4.74 Å². The molecule has 4 heteroatoms. The third-order valence-electron chi connectivity index (χ3n) is 4.20. The highest BCUT2D eigenvalue weighted by Gasteiger charge is 2.19. The SMILES string of the molecule is CCCNCC1CCN(Cc2cc(Br)ccc2OC)CC1. The van der Waals surface area contributed by atoms with Gasteiger partial charge >= 0.3 is 0 Å². The van der Waals surface area contributed by atoms with Crippen molar-refractivity contribution in [2.45, 2.75) is 32.7 Å². The van der Waals surface area contributed by atoms with Crippen LogP contribution >= 0.6 is 15.9 Å². The molecule has 0 aliphatic carbocycles. The lowest BCUT2D eigenvalue weighted by atomic mass is 9.96. The van der Waals surface area contributed by atoms with Gasteiger partial charge in [-0.3, -0.25) is 4.90 Å². The molecule has 2 rings (SSSR count). The predicted octanol–water partition coefficient (Wildman–Crippen LogP) is 3.67. The van der Waals surface area contributed by atoms with Crippen molar-refractivity contribution in [2.24, 2.45) is 5.92 Å². The van der Waals surface area contributed by atoms with Gasteiger partial charge in [0.05, 0.1) is 7.11 Å². The van der Waals surface area contributed by atoms with Crippen molar-refractivity contribution >= 4 is 15.9 Å². The first-order chi connectivity index (χ1) is 10.2. The fourth-order valence-electron chi connectivity index (χ4n) is 2.94. The summed E-state index contributed by atoms with van der Waals surface area (Å²) in [7, 11) is 1.75. The Morgan fingerprint density at radius 1 is 1.33 bits per heavy atom. The lowest BCUT2D eigenvalue weighted by Gasteiger charge is -2.32. The minimum atomic E-state index is 0.845. The molecule has 3 nitrogen and oxygen atoms in total. The maximum atomic E-state index is 5.47. The lowest BCUT2D eigenvalue weighted by Crippen LogP contribution is -2.37. The number of hydrogen-bond acceptors (Lipinski definition) is 3. The maximum absolute atomic E-state index is 5.47. The number of rotatable bonds is 7. The number of halogens is 1. The highest BCUT2D eigenvalue weighted by molar-refractivity contribution is 9.10. The van der Waals surface area contributed by atoms with Crippen molar-refractivity contribution < 1.29 is 4.74 Å². The first kappa shape index (κ1) is 16.8. The molecule has 0 aromatic heterocycles. The summed E-state index contributed by atoms with van der Waals surface area (Å²) in [6.45, 7) is 7.92. The standard InChI is InChI=1S/C17H27BrN2O/c1-3-8-19-12-14-6-9-20(10-7-14)13-15-11-16(18)4-5-17(15)21-2/h4-5,11,14,19H,3,6-10,12-13H2,1-2H3. The summed E-state index contributed by atoms with van der Waals surface area (Å²) in [5.41, 5.74) is 1.27. The van der Waals surface area contributed by atoms with E-state index in [2.05, 4.69) is 39.1 Å². The van der Waals surface area contributed by atoms with E-state index in [1.54, 1.807) is 7.11 Å². The van der Waals surface area contributed by atoms with Gasteiger partial charge in [-0.05, 0) is 69.6 Å². The molecule has 21 heavy (non-hydrogen) atoms. The monoisotopic (exact) mass is 354 g/mol. The van der Waals surface area contributed by atoms with Crippen molar-refractivity contribution in [2.75, 3.05) is 33.3 Å². The van der Waals surface area contributed by atoms with Gasteiger partial charge in [-0.1, -0.05) is 22.9 Å². The van der Waals surface area contributed by atoms with Crippen LogP contribution < -0.4 is 10.1 Å². The Labute approximate surface area is 137 Å². The van der Waals surface area contributed by atoms with Crippen LogP contribution in [0.5, 0.6) is 5.75 Å². The first-order valence-corrected chi connectivity index (χ1v) is 8.77. The van der Waals surface area contributed by atoms with Crippen LogP contribution in [0, 0.1) is 5.92 Å². The van der Waals surface area contributed by atoms with Crippen LogP contribution in [0.4, 0.5) is 0 Å². The smallest absolute Gasteiger partial charge is 0.123 e. The molecule has 0 bridgehead atoms. The van der Waals surface area contributed by atoms with E-state index in [0.717, 1.165) is 29.2 Å². The number of hydrogen-bond donors (Lipinski definition) is 1. The summed E-state index contributed by atoms with van der Waals surface area (Å²) in [6, 6.07) is 6.25. The normalized spacial score (nSPS) is 17.1. The summed E-state index contributed by atoms with van der Waals surface area (Å²) in [5, 5.41) is 3.55. The van der Waals surface area contributed by atoms with Gasteiger partial charge in [-0.15, -0.1) is 0 Å². The van der Waals surface area contributed by atoms with Gasteiger partial charge < -0.3 is 10.1 Å². The molecule has 1 aliphatic rings. The molecule has 1 aromatic carbocycles. The van der Waals surface area contributed by atoms with Crippen molar-refractivity contribution in [1.29, 1.82) is 0 Å². The number of likely N-dealkylation sites (tertiary alicyclic amines) is 1. The summed E-state index contributed by atoms with van der Waals surface area (Å²) < 4.78 is 6.59. The van der Waals surface area contributed by atoms with Crippen LogP contribution in [0.25, 0.3) is 0 Å². The average Bonchev–Trinajstić information content (AvgIpc) is 2.50. The second kappa shape index (κ2) is 8.76. The van der Waals surface area contributed by atoms with Gasteiger partial charge in [0.2, 0.25) is 0 Å². The first-order valence-electron chi connectivity index (χ1n) is 7.98. The number of methoxy groups -OCH3 is 1. The summed E-state index contributed by atoms with van der Waals surface area (Å²) in [4.78, 5) is 2.54. The van der Waals surface area contributed by atoms with Crippen LogP contribution in [0.2, 0.25) is 0 Å². The minimum Gasteiger partial charge on any atom is -0.496 e. The predicted molar refractivity (Wildman–Crippen MR) is 91.9 cm³/mol. The Hall–Kier alpha value is -0.580. The zero-order chi connectivity index (χ0) is 15.1. The van der Waals surface area contributed by atoms with Crippen molar-refractivity contribution in [3.63, 3.8) is 0 Å². The van der Waals surface area contributed by atoms with E-state index in [1.807, 2.05) is 12.1 Å². The second-order valence-electron chi connectivity index (χ2n) is 5.88. The summed E-state index contributed by atoms with van der Waals surface area (Å²) in [6.07, 6.45) is 3.82. The van der Waals surface area contributed by atoms with Crippen LogP contribution in [0.15, 0.2) is 22.7 Å². The van der Waals surface area contributed by atoms with Gasteiger partial charge in [-0.2, -0.15) is 0 Å². The van der Waals surface area contributed by atoms with Gasteiger partial charge in [0.25, 0.3) is 0 Å². The Balaban J connectivity index is 1.82. The Morgan fingerprint density at radius 2 is 2.10 bits per heavy atom. The largest absolute Gasteiger partial charge is 0.496 e. The number of nitrogens with one attached hydrogen (secondary N) is 1.